The fourth-order valence-corrected chi connectivity index (χ4v) is 6.53. The van der Waals surface area contributed by atoms with Gasteiger partial charge in [-0.25, -0.2) is 8.42 Å². The lowest BCUT2D eigenvalue weighted by Crippen LogP contribution is -2.36. The van der Waals surface area contributed by atoms with E-state index in [9.17, 15) is 13.5 Å². The Morgan fingerprint density at radius 2 is 1.97 bits per heavy atom. The van der Waals surface area contributed by atoms with E-state index < -0.39 is 10.0 Å². The van der Waals surface area contributed by atoms with Crippen LogP contribution in [0.1, 0.15) is 30.4 Å². The molecule has 0 radical (unpaired) electrons. The monoisotopic (exact) mass is 497 g/mol. The molecule has 1 aromatic heterocycles. The van der Waals surface area contributed by atoms with Crippen molar-refractivity contribution in [1.29, 1.82) is 0 Å². The van der Waals surface area contributed by atoms with E-state index in [4.69, 9.17) is 9.47 Å². The second kappa shape index (κ2) is 9.29. The van der Waals surface area contributed by atoms with Crippen LogP contribution in [0.2, 0.25) is 0 Å². The van der Waals surface area contributed by atoms with E-state index in [1.54, 1.807) is 38.7 Å². The summed E-state index contributed by atoms with van der Waals surface area (Å²) in [5.74, 6) is 1.36. The van der Waals surface area contributed by atoms with Crippen molar-refractivity contribution in [3.63, 3.8) is 0 Å². The molecule has 0 amide bonds. The number of pyridine rings is 1. The molecule has 2 aromatic carbocycles. The third kappa shape index (κ3) is 4.44. The van der Waals surface area contributed by atoms with Crippen molar-refractivity contribution in [3.8, 4) is 11.5 Å². The number of sulfonamides is 1. The smallest absolute Gasteiger partial charge is 0.244 e. The van der Waals surface area contributed by atoms with Gasteiger partial charge in [-0.1, -0.05) is 0 Å². The van der Waals surface area contributed by atoms with Crippen molar-refractivity contribution in [1.82, 2.24) is 9.29 Å². The zero-order chi connectivity index (χ0) is 24.6. The van der Waals surface area contributed by atoms with Crippen LogP contribution in [0, 0.1) is 5.41 Å². The van der Waals surface area contributed by atoms with E-state index in [0.29, 0.717) is 30.6 Å². The lowest BCUT2D eigenvalue weighted by molar-refractivity contribution is 0.206. The van der Waals surface area contributed by atoms with Gasteiger partial charge in [0, 0.05) is 66.7 Å². The maximum absolute atomic E-state index is 13.8. The number of aromatic nitrogens is 1. The average molecular weight is 498 g/mol. The Labute approximate surface area is 205 Å². The predicted octanol–water partition coefficient (Wildman–Crippen LogP) is 3.57. The molecule has 8 nitrogen and oxygen atoms in total. The van der Waals surface area contributed by atoms with Gasteiger partial charge in [-0.15, -0.1) is 0 Å². The van der Waals surface area contributed by atoms with Crippen LogP contribution in [-0.4, -0.2) is 56.7 Å². The van der Waals surface area contributed by atoms with Crippen molar-refractivity contribution in [2.24, 2.45) is 5.41 Å². The second-order valence-corrected chi connectivity index (χ2v) is 11.3. The average Bonchev–Trinajstić information content (AvgIpc) is 3.67. The molecule has 0 unspecified atom stereocenters. The lowest BCUT2D eigenvalue weighted by atomic mass is 9.99. The Morgan fingerprint density at radius 1 is 1.14 bits per heavy atom. The van der Waals surface area contributed by atoms with Crippen molar-refractivity contribution in [2.75, 3.05) is 39.2 Å². The van der Waals surface area contributed by atoms with Crippen LogP contribution >= 0.6 is 0 Å². The molecule has 2 heterocycles. The third-order valence-corrected chi connectivity index (χ3v) is 9.25. The fourth-order valence-electron chi connectivity index (χ4n) is 4.92. The Balaban J connectivity index is 1.44. The van der Waals surface area contributed by atoms with Crippen molar-refractivity contribution in [2.45, 2.75) is 37.1 Å². The number of nitrogens with one attached hydrogen (secondary N) is 1. The number of benzene rings is 2. The van der Waals surface area contributed by atoms with E-state index in [2.05, 4.69) is 10.3 Å². The summed E-state index contributed by atoms with van der Waals surface area (Å²) in [7, 11) is -0.563. The number of aliphatic hydroxyl groups is 1. The van der Waals surface area contributed by atoms with E-state index in [0.717, 1.165) is 47.2 Å². The minimum Gasteiger partial charge on any atom is -0.497 e. The molecule has 9 heteroatoms. The van der Waals surface area contributed by atoms with Crippen LogP contribution in [0.15, 0.2) is 47.6 Å². The molecule has 1 aliphatic heterocycles. The number of hydrogen-bond donors (Lipinski definition) is 2. The number of aliphatic hydroxyl groups excluding tert-OH is 1. The molecule has 1 fully saturated rings. The standard InChI is InChI=1S/C26H31N3O5S/c1-33-19-13-18-16-29(12-6-20(18)24(14-19)34-2)35(31,32)25-4-3-23(22-15-27-10-5-21(22)25)28-11-9-26(17-30)7-8-26/h3-5,10,13-15,28,30H,6-9,11-12,16-17H2,1-2H3. The zero-order valence-electron chi connectivity index (χ0n) is 20.1. The summed E-state index contributed by atoms with van der Waals surface area (Å²) in [6.07, 6.45) is 6.88. The van der Waals surface area contributed by atoms with Gasteiger partial charge in [0.25, 0.3) is 0 Å². The van der Waals surface area contributed by atoms with Crippen molar-refractivity contribution in [3.05, 3.63) is 53.9 Å². The topological polar surface area (TPSA) is 101 Å². The molecule has 0 spiro atoms. The van der Waals surface area contributed by atoms with Gasteiger partial charge in [-0.3, -0.25) is 4.98 Å². The van der Waals surface area contributed by atoms with Gasteiger partial charge in [0.15, 0.2) is 0 Å². The van der Waals surface area contributed by atoms with Crippen molar-refractivity contribution < 1.29 is 23.0 Å². The summed E-state index contributed by atoms with van der Waals surface area (Å²) in [6.45, 7) is 1.54. The second-order valence-electron chi connectivity index (χ2n) is 9.42. The summed E-state index contributed by atoms with van der Waals surface area (Å²) in [5, 5.41) is 14.4. The zero-order valence-corrected chi connectivity index (χ0v) is 20.9. The Morgan fingerprint density at radius 3 is 2.69 bits per heavy atom. The summed E-state index contributed by atoms with van der Waals surface area (Å²) in [6, 6.07) is 8.97. The van der Waals surface area contributed by atoms with E-state index in [1.807, 2.05) is 18.2 Å². The van der Waals surface area contributed by atoms with Gasteiger partial charge >= 0.3 is 0 Å². The van der Waals surface area contributed by atoms with Crippen LogP contribution in [-0.2, 0) is 23.0 Å². The number of nitrogens with zero attached hydrogens (tertiary/aromatic N) is 2. The number of rotatable bonds is 9. The molecular weight excluding hydrogens is 466 g/mol. The van der Waals surface area contributed by atoms with Gasteiger partial charge in [0.1, 0.15) is 11.5 Å². The van der Waals surface area contributed by atoms with Crippen LogP contribution in [0.5, 0.6) is 11.5 Å². The first-order chi connectivity index (χ1) is 16.9. The molecule has 2 N–H and O–H groups in total. The molecule has 1 aliphatic carbocycles. The van der Waals surface area contributed by atoms with Crippen LogP contribution in [0.3, 0.4) is 0 Å². The molecule has 5 rings (SSSR count). The molecule has 0 atom stereocenters. The van der Waals surface area contributed by atoms with Crippen LogP contribution in [0.25, 0.3) is 10.8 Å². The molecular formula is C26H31N3O5S. The fraction of sp³-hybridized carbons (Fsp3) is 0.423. The summed E-state index contributed by atoms with van der Waals surface area (Å²) in [5.41, 5.74) is 2.81. The van der Waals surface area contributed by atoms with Gasteiger partial charge < -0.3 is 19.9 Å². The normalized spacial score (nSPS) is 17.1. The predicted molar refractivity (Wildman–Crippen MR) is 134 cm³/mol. The summed E-state index contributed by atoms with van der Waals surface area (Å²) >= 11 is 0. The highest BCUT2D eigenvalue weighted by atomic mass is 32.2. The van der Waals surface area contributed by atoms with Gasteiger partial charge in [-0.2, -0.15) is 4.31 Å². The first-order valence-electron chi connectivity index (χ1n) is 11.9. The summed E-state index contributed by atoms with van der Waals surface area (Å²) < 4.78 is 40.1. The highest BCUT2D eigenvalue weighted by Gasteiger charge is 2.41. The van der Waals surface area contributed by atoms with E-state index in [1.165, 1.54) is 4.31 Å². The quantitative estimate of drug-likeness (QED) is 0.466. The SMILES string of the molecule is COc1cc2c(c(OC)c1)CCN(S(=O)(=O)c1ccc(NCCC3(CO)CC3)c3cnccc13)C2. The number of methoxy groups -OCH3 is 2. The minimum absolute atomic E-state index is 0.0558. The molecule has 1 saturated carbocycles. The molecule has 186 valence electrons. The van der Waals surface area contributed by atoms with Gasteiger partial charge in [-0.05, 0) is 60.9 Å². The number of hydrogen-bond acceptors (Lipinski definition) is 7. The van der Waals surface area contributed by atoms with Gasteiger partial charge in [0.05, 0.1) is 19.1 Å². The third-order valence-electron chi connectivity index (χ3n) is 7.35. The van der Waals surface area contributed by atoms with Crippen molar-refractivity contribution >= 4 is 26.5 Å². The van der Waals surface area contributed by atoms with E-state index >= 15 is 0 Å². The molecule has 2 aliphatic rings. The molecule has 0 bridgehead atoms. The number of fused-ring (bicyclic) bond motifs is 2. The maximum Gasteiger partial charge on any atom is 0.244 e. The molecule has 0 saturated heterocycles. The van der Waals surface area contributed by atoms with Crippen LogP contribution in [0.4, 0.5) is 5.69 Å². The van der Waals surface area contributed by atoms with Crippen LogP contribution < -0.4 is 14.8 Å². The molecule has 3 aromatic rings. The Kier molecular flexibility index (Phi) is 6.33. The minimum atomic E-state index is -3.76. The Bertz CT molecular complexity index is 1350. The first-order valence-corrected chi connectivity index (χ1v) is 13.3. The number of ether oxygens (including phenoxy) is 2. The highest BCUT2D eigenvalue weighted by molar-refractivity contribution is 7.89. The largest absolute Gasteiger partial charge is 0.497 e. The molecule has 35 heavy (non-hydrogen) atoms. The van der Waals surface area contributed by atoms with E-state index in [-0.39, 0.29) is 23.5 Å². The van der Waals surface area contributed by atoms with Gasteiger partial charge in [0.2, 0.25) is 10.0 Å². The first kappa shape index (κ1) is 23.8. The number of anilines is 1. The Hall–Kier alpha value is -2.88. The highest BCUT2D eigenvalue weighted by Crippen LogP contribution is 2.48. The maximum atomic E-state index is 13.8. The summed E-state index contributed by atoms with van der Waals surface area (Å²) in [4.78, 5) is 4.52. The lowest BCUT2D eigenvalue weighted by Gasteiger charge is -2.30.